The number of fused-ring (bicyclic) bond motifs is 1. The van der Waals surface area contributed by atoms with Crippen molar-refractivity contribution in [3.8, 4) is 11.5 Å². The Morgan fingerprint density at radius 2 is 1.83 bits per heavy atom. The van der Waals surface area contributed by atoms with Crippen LogP contribution < -0.4 is 15.0 Å². The van der Waals surface area contributed by atoms with E-state index >= 15 is 0 Å². The monoisotopic (exact) mass is 418 g/mol. The zero-order valence-electron chi connectivity index (χ0n) is 17.7. The molecule has 30 heavy (non-hydrogen) atoms. The number of aliphatic hydroxyl groups excluding tert-OH is 1. The van der Waals surface area contributed by atoms with Gasteiger partial charge in [-0.3, -0.25) is 9.50 Å². The molecule has 2 aromatic rings. The molecule has 3 rings (SSSR count). The summed E-state index contributed by atoms with van der Waals surface area (Å²) in [4.78, 5) is 14.2. The zero-order chi connectivity index (χ0) is 21.0. The first kappa shape index (κ1) is 23.6. The molecule has 1 aliphatic rings. The highest BCUT2D eigenvalue weighted by molar-refractivity contribution is 5.98. The minimum atomic E-state index is -0.663. The van der Waals surface area contributed by atoms with Crippen molar-refractivity contribution in [2.24, 2.45) is 0 Å². The van der Waals surface area contributed by atoms with Crippen LogP contribution in [0, 0.1) is 0 Å². The summed E-state index contributed by atoms with van der Waals surface area (Å²) < 4.78 is 5.88. The lowest BCUT2D eigenvalue weighted by Crippen LogP contribution is -2.42. The van der Waals surface area contributed by atoms with Crippen LogP contribution in [0.3, 0.4) is 0 Å². The number of phenolic OH excluding ortho intramolecular Hbond substituents is 1. The van der Waals surface area contributed by atoms with E-state index in [1.807, 2.05) is 51.1 Å². The third-order valence-corrected chi connectivity index (χ3v) is 4.86. The number of phenols is 1. The van der Waals surface area contributed by atoms with Gasteiger partial charge in [0.25, 0.3) is 0 Å². The fraction of sp³-hybridized carbons (Fsp3) is 0.435. The number of anilines is 1. The molecule has 0 spiro atoms. The van der Waals surface area contributed by atoms with E-state index in [1.165, 1.54) is 0 Å². The maximum Gasteiger partial charge on any atom is 0.227 e. The molecule has 1 heterocycles. The molecule has 0 saturated carbocycles. The standard InChI is InChI=1S/C23H30N2O4.FH/c1-23(2,3)24-13-17(26)15-29-20-11-10-19(27)22-18(20)9-12-21(28)25(22)14-16-7-5-4-6-8-16;/h4-8,10-11,17,24,26-27H,9,12-15H2,1-3H3;1H. The number of amides is 1. The number of hydrogen-bond acceptors (Lipinski definition) is 5. The number of halogens is 1. The van der Waals surface area contributed by atoms with Crippen molar-refractivity contribution in [2.75, 3.05) is 18.1 Å². The van der Waals surface area contributed by atoms with Crippen LogP contribution in [0.5, 0.6) is 11.5 Å². The van der Waals surface area contributed by atoms with Crippen LogP contribution >= 0.6 is 0 Å². The topological polar surface area (TPSA) is 82.0 Å². The zero-order valence-corrected chi connectivity index (χ0v) is 17.7. The summed E-state index contributed by atoms with van der Waals surface area (Å²) in [6, 6.07) is 12.9. The SMILES string of the molecule is CC(C)(C)NCC(O)COc1ccc(O)c2c1CCC(=O)N2Cc1ccccc1.F. The minimum Gasteiger partial charge on any atom is -0.506 e. The van der Waals surface area contributed by atoms with E-state index in [1.54, 1.807) is 17.0 Å². The van der Waals surface area contributed by atoms with Gasteiger partial charge in [-0.2, -0.15) is 0 Å². The summed E-state index contributed by atoms with van der Waals surface area (Å²) in [5, 5.41) is 24.0. The van der Waals surface area contributed by atoms with Crippen molar-refractivity contribution in [1.82, 2.24) is 5.32 Å². The van der Waals surface area contributed by atoms with Crippen LogP contribution in [-0.2, 0) is 17.8 Å². The first-order chi connectivity index (χ1) is 13.7. The van der Waals surface area contributed by atoms with Gasteiger partial charge in [0.2, 0.25) is 5.91 Å². The molecular formula is C23H31FN2O4. The molecule has 1 amide bonds. The molecule has 1 unspecified atom stereocenters. The molecule has 0 fully saturated rings. The lowest BCUT2D eigenvalue weighted by atomic mass is 9.98. The molecule has 0 aliphatic carbocycles. The molecular weight excluding hydrogens is 387 g/mol. The van der Waals surface area contributed by atoms with E-state index in [9.17, 15) is 15.0 Å². The summed E-state index contributed by atoms with van der Waals surface area (Å²) in [5.74, 6) is 0.632. The van der Waals surface area contributed by atoms with Crippen LogP contribution in [0.25, 0.3) is 0 Å². The molecule has 6 nitrogen and oxygen atoms in total. The average molecular weight is 419 g/mol. The maximum atomic E-state index is 12.6. The highest BCUT2D eigenvalue weighted by Crippen LogP contribution is 2.42. The number of nitrogens with zero attached hydrogens (tertiary/aromatic N) is 1. The summed E-state index contributed by atoms with van der Waals surface area (Å²) in [7, 11) is 0. The summed E-state index contributed by atoms with van der Waals surface area (Å²) in [6.45, 7) is 7.05. The maximum absolute atomic E-state index is 12.6. The van der Waals surface area contributed by atoms with Gasteiger partial charge in [-0.15, -0.1) is 0 Å². The van der Waals surface area contributed by atoms with Crippen molar-refractivity contribution in [3.63, 3.8) is 0 Å². The Labute approximate surface area is 176 Å². The van der Waals surface area contributed by atoms with Crippen molar-refractivity contribution in [1.29, 1.82) is 0 Å². The summed E-state index contributed by atoms with van der Waals surface area (Å²) in [6.07, 6.45) is 0.192. The van der Waals surface area contributed by atoms with Gasteiger partial charge in [-0.1, -0.05) is 30.3 Å². The molecule has 0 bridgehead atoms. The van der Waals surface area contributed by atoms with Gasteiger partial charge < -0.3 is 25.2 Å². The number of nitrogens with one attached hydrogen (secondary N) is 1. The molecule has 1 atom stereocenters. The molecule has 164 valence electrons. The van der Waals surface area contributed by atoms with Crippen LogP contribution in [0.1, 0.15) is 38.3 Å². The summed E-state index contributed by atoms with van der Waals surface area (Å²) in [5.41, 5.74) is 2.21. The van der Waals surface area contributed by atoms with E-state index in [4.69, 9.17) is 4.74 Å². The van der Waals surface area contributed by atoms with Gasteiger partial charge in [-0.25, -0.2) is 0 Å². The number of rotatable bonds is 7. The third-order valence-electron chi connectivity index (χ3n) is 4.86. The van der Waals surface area contributed by atoms with Gasteiger partial charge >= 0.3 is 0 Å². The summed E-state index contributed by atoms with van der Waals surface area (Å²) >= 11 is 0. The first-order valence-electron chi connectivity index (χ1n) is 9.99. The normalized spacial score (nSPS) is 14.7. The Balaban J connectivity index is 0.00000320. The Morgan fingerprint density at radius 1 is 1.13 bits per heavy atom. The van der Waals surface area contributed by atoms with Crippen LogP contribution in [0.2, 0.25) is 0 Å². The van der Waals surface area contributed by atoms with Crippen LogP contribution in [0.15, 0.2) is 42.5 Å². The highest BCUT2D eigenvalue weighted by atomic mass is 19.0. The molecule has 2 aromatic carbocycles. The minimum absolute atomic E-state index is 0. The number of hydrogen-bond donors (Lipinski definition) is 3. The number of aromatic hydroxyl groups is 1. The van der Waals surface area contributed by atoms with Gasteiger partial charge in [0, 0.05) is 24.1 Å². The van der Waals surface area contributed by atoms with Gasteiger partial charge in [-0.05, 0) is 44.9 Å². The second-order valence-corrected chi connectivity index (χ2v) is 8.47. The highest BCUT2D eigenvalue weighted by Gasteiger charge is 2.29. The fourth-order valence-electron chi connectivity index (χ4n) is 3.38. The molecule has 0 saturated heterocycles. The Bertz CT molecular complexity index is 852. The number of carbonyl (C=O) groups excluding carboxylic acids is 1. The Hall–Kier alpha value is -2.64. The second-order valence-electron chi connectivity index (χ2n) is 8.47. The van der Waals surface area contributed by atoms with E-state index < -0.39 is 6.10 Å². The number of benzene rings is 2. The van der Waals surface area contributed by atoms with E-state index in [0.29, 0.717) is 37.4 Å². The number of aliphatic hydroxyl groups is 1. The Morgan fingerprint density at radius 3 is 2.50 bits per heavy atom. The van der Waals surface area contributed by atoms with E-state index in [-0.39, 0.29) is 28.5 Å². The van der Waals surface area contributed by atoms with Crippen molar-refractivity contribution >= 4 is 11.6 Å². The number of carbonyl (C=O) groups is 1. The largest absolute Gasteiger partial charge is 0.506 e. The third kappa shape index (κ3) is 5.93. The van der Waals surface area contributed by atoms with Crippen LogP contribution in [0.4, 0.5) is 10.4 Å². The van der Waals surface area contributed by atoms with Gasteiger partial charge in [0.1, 0.15) is 24.2 Å². The predicted molar refractivity (Wildman–Crippen MR) is 116 cm³/mol. The van der Waals surface area contributed by atoms with Crippen LogP contribution in [-0.4, -0.2) is 40.9 Å². The number of ether oxygens (including phenoxy) is 1. The van der Waals surface area contributed by atoms with Crippen molar-refractivity contribution in [3.05, 3.63) is 53.6 Å². The lowest BCUT2D eigenvalue weighted by molar-refractivity contribution is -0.119. The molecule has 7 heteroatoms. The number of β-amino-alcohol motifs (C(OH)–C–C–N with tert-alkyl or cyclic N) is 1. The second kappa shape index (κ2) is 9.91. The van der Waals surface area contributed by atoms with Gasteiger partial charge in [0.05, 0.1) is 12.2 Å². The molecule has 0 aromatic heterocycles. The van der Waals surface area contributed by atoms with Crippen molar-refractivity contribution in [2.45, 2.75) is 51.8 Å². The molecule has 3 N–H and O–H groups in total. The molecule has 0 radical (unpaired) electrons. The van der Waals surface area contributed by atoms with E-state index in [0.717, 1.165) is 11.1 Å². The Kier molecular flexibility index (Phi) is 7.81. The molecule has 1 aliphatic heterocycles. The van der Waals surface area contributed by atoms with Crippen molar-refractivity contribution < 1.29 is 24.4 Å². The first-order valence-corrected chi connectivity index (χ1v) is 9.99. The quantitative estimate of drug-likeness (QED) is 0.644. The lowest BCUT2D eigenvalue weighted by Gasteiger charge is -2.31. The predicted octanol–water partition coefficient (Wildman–Crippen LogP) is 3.15. The average Bonchev–Trinajstić information content (AvgIpc) is 2.68. The smallest absolute Gasteiger partial charge is 0.227 e. The van der Waals surface area contributed by atoms with Gasteiger partial charge in [0.15, 0.2) is 0 Å². The fourth-order valence-corrected chi connectivity index (χ4v) is 3.38. The van der Waals surface area contributed by atoms with E-state index in [2.05, 4.69) is 5.32 Å².